The number of carbonyl (C=O) groups is 1. The summed E-state index contributed by atoms with van der Waals surface area (Å²) in [6.07, 6.45) is 1.28. The van der Waals surface area contributed by atoms with Gasteiger partial charge in [-0.3, -0.25) is 10.1 Å². The maximum absolute atomic E-state index is 11.4. The van der Waals surface area contributed by atoms with Gasteiger partial charge in [-0.05, 0) is 29.8 Å². The van der Waals surface area contributed by atoms with E-state index in [1.807, 2.05) is 0 Å². The van der Waals surface area contributed by atoms with E-state index in [0.29, 0.717) is 10.6 Å². The number of carboxylic acids is 1. The number of aliphatic carboxylic acids is 1. The molecule has 0 amide bonds. The molecule has 0 saturated carbocycles. The summed E-state index contributed by atoms with van der Waals surface area (Å²) in [4.78, 5) is 21.8. The number of nitrogens with zero attached hydrogens (tertiary/aromatic N) is 1. The van der Waals surface area contributed by atoms with E-state index in [2.05, 4.69) is 0 Å². The summed E-state index contributed by atoms with van der Waals surface area (Å²) in [5.41, 5.74) is 0.464. The first kappa shape index (κ1) is 14.7. The van der Waals surface area contributed by atoms with Gasteiger partial charge in [-0.25, -0.2) is 4.79 Å². The van der Waals surface area contributed by atoms with Crippen molar-refractivity contribution in [3.63, 3.8) is 0 Å². The van der Waals surface area contributed by atoms with Crippen molar-refractivity contribution in [1.29, 1.82) is 0 Å². The number of para-hydroxylation sites is 1. The fraction of sp³-hybridized carbons (Fsp3) is 0. The minimum atomic E-state index is -1.17. The molecule has 106 valence electrons. The van der Waals surface area contributed by atoms with Gasteiger partial charge in [-0.1, -0.05) is 35.9 Å². The molecule has 2 rings (SSSR count). The lowest BCUT2D eigenvalue weighted by molar-refractivity contribution is -0.385. The third-order valence-corrected chi connectivity index (χ3v) is 3.07. The molecule has 0 unspecified atom stereocenters. The Hall–Kier alpha value is -2.66. The predicted molar refractivity (Wildman–Crippen MR) is 80.1 cm³/mol. The van der Waals surface area contributed by atoms with E-state index in [1.165, 1.54) is 24.3 Å². The average molecular weight is 304 g/mol. The van der Waals surface area contributed by atoms with E-state index in [1.54, 1.807) is 30.3 Å². The summed E-state index contributed by atoms with van der Waals surface area (Å²) in [6, 6.07) is 12.2. The fourth-order valence-electron chi connectivity index (χ4n) is 1.83. The smallest absolute Gasteiger partial charge is 0.336 e. The Labute approximate surface area is 125 Å². The van der Waals surface area contributed by atoms with Crippen LogP contribution < -0.4 is 0 Å². The zero-order valence-corrected chi connectivity index (χ0v) is 11.4. The highest BCUT2D eigenvalue weighted by atomic mass is 35.5. The first-order valence-electron chi connectivity index (χ1n) is 5.93. The molecule has 0 radical (unpaired) electrons. The summed E-state index contributed by atoms with van der Waals surface area (Å²) in [7, 11) is 0. The second-order valence-corrected chi connectivity index (χ2v) is 4.62. The fourth-order valence-corrected chi connectivity index (χ4v) is 1.96. The first-order chi connectivity index (χ1) is 9.99. The van der Waals surface area contributed by atoms with Crippen LogP contribution in [0.3, 0.4) is 0 Å². The third-order valence-electron chi connectivity index (χ3n) is 2.82. The van der Waals surface area contributed by atoms with Gasteiger partial charge in [0.25, 0.3) is 5.69 Å². The Bertz CT molecular complexity index is 723. The first-order valence-corrected chi connectivity index (χ1v) is 6.31. The zero-order chi connectivity index (χ0) is 15.4. The van der Waals surface area contributed by atoms with Crippen molar-refractivity contribution >= 4 is 34.9 Å². The summed E-state index contributed by atoms with van der Waals surface area (Å²) in [6.45, 7) is 0. The monoisotopic (exact) mass is 303 g/mol. The molecule has 1 N–H and O–H groups in total. The van der Waals surface area contributed by atoms with E-state index in [0.717, 1.165) is 0 Å². The third kappa shape index (κ3) is 3.46. The van der Waals surface area contributed by atoms with Crippen LogP contribution >= 0.6 is 11.6 Å². The maximum atomic E-state index is 11.4. The van der Waals surface area contributed by atoms with Gasteiger partial charge in [0.05, 0.1) is 16.1 Å². The van der Waals surface area contributed by atoms with Crippen molar-refractivity contribution in [2.45, 2.75) is 0 Å². The van der Waals surface area contributed by atoms with E-state index in [9.17, 15) is 20.0 Å². The van der Waals surface area contributed by atoms with Crippen LogP contribution in [0.15, 0.2) is 48.5 Å². The molecule has 0 spiro atoms. The molecule has 0 fully saturated rings. The molecule has 0 aliphatic heterocycles. The van der Waals surface area contributed by atoms with Crippen LogP contribution in [0.1, 0.15) is 11.1 Å². The average Bonchev–Trinajstić information content (AvgIpc) is 2.46. The van der Waals surface area contributed by atoms with Crippen molar-refractivity contribution in [2.75, 3.05) is 0 Å². The number of hydrogen-bond donors (Lipinski definition) is 1. The lowest BCUT2D eigenvalue weighted by Crippen LogP contribution is -2.00. The number of nitro groups is 1. The van der Waals surface area contributed by atoms with Gasteiger partial charge in [0, 0.05) is 11.1 Å². The Kier molecular flexibility index (Phi) is 4.35. The second-order valence-electron chi connectivity index (χ2n) is 4.19. The van der Waals surface area contributed by atoms with Gasteiger partial charge >= 0.3 is 5.97 Å². The molecule has 2 aromatic carbocycles. The quantitative estimate of drug-likeness (QED) is 0.402. The van der Waals surface area contributed by atoms with Crippen LogP contribution in [-0.2, 0) is 4.79 Å². The van der Waals surface area contributed by atoms with Crippen molar-refractivity contribution in [1.82, 2.24) is 0 Å². The number of benzene rings is 2. The van der Waals surface area contributed by atoms with Gasteiger partial charge < -0.3 is 5.11 Å². The molecule has 21 heavy (non-hydrogen) atoms. The molecule has 5 nitrogen and oxygen atoms in total. The number of rotatable bonds is 4. The van der Waals surface area contributed by atoms with Crippen LogP contribution in [0, 0.1) is 10.1 Å². The molecule has 0 aliphatic rings. The largest absolute Gasteiger partial charge is 0.478 e. The van der Waals surface area contributed by atoms with E-state index < -0.39 is 10.9 Å². The number of halogens is 1. The van der Waals surface area contributed by atoms with Gasteiger partial charge in [-0.2, -0.15) is 0 Å². The molecule has 0 bridgehead atoms. The standard InChI is InChI=1S/C15H10ClNO4/c16-12-7-5-10(6-8-12)13(15(18)19)9-11-3-1-2-4-14(11)17(20)21/h1-9H,(H,18,19). The highest BCUT2D eigenvalue weighted by molar-refractivity contribution is 6.30. The van der Waals surface area contributed by atoms with Crippen LogP contribution in [0.4, 0.5) is 5.69 Å². The predicted octanol–water partition coefficient (Wildman–Crippen LogP) is 3.87. The van der Waals surface area contributed by atoms with Crippen LogP contribution in [0.2, 0.25) is 5.02 Å². The summed E-state index contributed by atoms with van der Waals surface area (Å²) >= 11 is 5.77. The topological polar surface area (TPSA) is 80.4 Å². The van der Waals surface area contributed by atoms with Crippen LogP contribution in [-0.4, -0.2) is 16.0 Å². The Balaban J connectivity index is 2.56. The minimum Gasteiger partial charge on any atom is -0.478 e. The van der Waals surface area contributed by atoms with E-state index >= 15 is 0 Å². The Morgan fingerprint density at radius 3 is 2.33 bits per heavy atom. The molecule has 0 heterocycles. The number of nitro benzene ring substituents is 1. The van der Waals surface area contributed by atoms with Crippen molar-refractivity contribution in [2.24, 2.45) is 0 Å². The van der Waals surface area contributed by atoms with Crippen molar-refractivity contribution < 1.29 is 14.8 Å². The summed E-state index contributed by atoms with van der Waals surface area (Å²) in [5.74, 6) is -1.17. The van der Waals surface area contributed by atoms with Gasteiger partial charge in [0.15, 0.2) is 0 Å². The summed E-state index contributed by atoms with van der Waals surface area (Å²) in [5, 5.41) is 20.8. The Morgan fingerprint density at radius 2 is 1.76 bits per heavy atom. The van der Waals surface area contributed by atoms with Crippen LogP contribution in [0.5, 0.6) is 0 Å². The molecule has 0 aromatic heterocycles. The SMILES string of the molecule is O=C(O)C(=Cc1ccccc1[N+](=O)[O-])c1ccc(Cl)cc1. The highest BCUT2D eigenvalue weighted by Crippen LogP contribution is 2.25. The lowest BCUT2D eigenvalue weighted by atomic mass is 10.0. The van der Waals surface area contributed by atoms with Crippen LogP contribution in [0.25, 0.3) is 11.6 Å². The van der Waals surface area contributed by atoms with Gasteiger partial charge in [0.1, 0.15) is 0 Å². The summed E-state index contributed by atoms with van der Waals surface area (Å²) < 4.78 is 0. The molecule has 6 heteroatoms. The van der Waals surface area contributed by atoms with Crippen molar-refractivity contribution in [3.8, 4) is 0 Å². The molecular formula is C15H10ClNO4. The second kappa shape index (κ2) is 6.19. The molecule has 0 saturated heterocycles. The van der Waals surface area contributed by atoms with Crippen molar-refractivity contribution in [3.05, 3.63) is 74.8 Å². The molecule has 2 aromatic rings. The molecule has 0 aliphatic carbocycles. The van der Waals surface area contributed by atoms with Gasteiger partial charge in [-0.15, -0.1) is 0 Å². The lowest BCUT2D eigenvalue weighted by Gasteiger charge is -2.04. The Morgan fingerprint density at radius 1 is 1.14 bits per heavy atom. The normalized spacial score (nSPS) is 11.2. The number of hydrogen-bond acceptors (Lipinski definition) is 3. The van der Waals surface area contributed by atoms with E-state index in [-0.39, 0.29) is 16.8 Å². The molecule has 0 atom stereocenters. The zero-order valence-electron chi connectivity index (χ0n) is 10.7. The number of carboxylic acid groups (broad SMARTS) is 1. The van der Waals surface area contributed by atoms with E-state index in [4.69, 9.17) is 11.6 Å². The molecular weight excluding hydrogens is 294 g/mol. The van der Waals surface area contributed by atoms with Gasteiger partial charge in [0.2, 0.25) is 0 Å². The highest BCUT2D eigenvalue weighted by Gasteiger charge is 2.15. The maximum Gasteiger partial charge on any atom is 0.336 e. The minimum absolute atomic E-state index is 0.0408.